The average Bonchev–Trinajstić information content (AvgIpc) is 3.10. The summed E-state index contributed by atoms with van der Waals surface area (Å²) in [5.41, 5.74) is 0.103. The Hall–Kier alpha value is -0.775. The summed E-state index contributed by atoms with van der Waals surface area (Å²) in [6, 6.07) is 2.37. The molecule has 1 saturated carbocycles. The molecular formula is C14H20BClN2O2. The summed E-state index contributed by atoms with van der Waals surface area (Å²) in [6.07, 6.45) is 4.11. The number of hydrogen-bond donors (Lipinski definition) is 1. The van der Waals surface area contributed by atoms with E-state index in [0.717, 1.165) is 11.3 Å². The molecule has 0 aromatic carbocycles. The number of nitrogens with zero attached hydrogens (tertiary/aromatic N) is 1. The molecule has 0 amide bonds. The second kappa shape index (κ2) is 4.62. The number of rotatable bonds is 3. The van der Waals surface area contributed by atoms with Crippen molar-refractivity contribution in [3.8, 4) is 0 Å². The molecule has 1 aromatic rings. The van der Waals surface area contributed by atoms with Gasteiger partial charge in [0.1, 0.15) is 5.82 Å². The van der Waals surface area contributed by atoms with Crippen LogP contribution in [0.2, 0.25) is 5.02 Å². The molecule has 0 atom stereocenters. The van der Waals surface area contributed by atoms with Crippen molar-refractivity contribution in [2.24, 2.45) is 0 Å². The summed E-state index contributed by atoms with van der Waals surface area (Å²) < 4.78 is 12.1. The number of nitrogens with one attached hydrogen (secondary N) is 1. The van der Waals surface area contributed by atoms with Crippen molar-refractivity contribution >= 4 is 30.0 Å². The van der Waals surface area contributed by atoms with Crippen molar-refractivity contribution in [2.45, 2.75) is 57.8 Å². The van der Waals surface area contributed by atoms with Gasteiger partial charge in [-0.15, -0.1) is 0 Å². The molecule has 0 bridgehead atoms. The molecule has 3 rings (SSSR count). The standard InChI is InChI=1S/C14H20BClN2O2/c1-13(2)14(3,4)20-15(19-13)10-7-8-17-12(11(10)16)18-9-5-6-9/h7-9H,5-6H2,1-4H3,(H,17,18). The van der Waals surface area contributed by atoms with Crippen LogP contribution in [0.4, 0.5) is 5.82 Å². The SMILES string of the molecule is CC1(C)OB(c2ccnc(NC3CC3)c2Cl)OC1(C)C. The molecule has 0 radical (unpaired) electrons. The predicted octanol–water partition coefficient (Wildman–Crippen LogP) is 2.61. The number of anilines is 1. The normalized spacial score (nSPS) is 23.9. The van der Waals surface area contributed by atoms with Gasteiger partial charge in [0, 0.05) is 17.7 Å². The first-order valence-corrected chi connectivity index (χ1v) is 7.44. The molecule has 1 N–H and O–H groups in total. The Kier molecular flexibility index (Phi) is 3.27. The smallest absolute Gasteiger partial charge is 0.399 e. The van der Waals surface area contributed by atoms with Gasteiger partial charge in [-0.3, -0.25) is 0 Å². The first-order chi connectivity index (χ1) is 9.30. The second-order valence-electron chi connectivity index (χ2n) is 6.57. The van der Waals surface area contributed by atoms with Gasteiger partial charge in [0.25, 0.3) is 0 Å². The third-order valence-electron chi connectivity index (χ3n) is 4.34. The van der Waals surface area contributed by atoms with Crippen LogP contribution in [-0.2, 0) is 9.31 Å². The molecule has 2 aliphatic rings. The largest absolute Gasteiger partial charge is 0.496 e. The van der Waals surface area contributed by atoms with Crippen molar-refractivity contribution < 1.29 is 9.31 Å². The van der Waals surface area contributed by atoms with E-state index in [1.807, 2.05) is 33.8 Å². The highest BCUT2D eigenvalue weighted by atomic mass is 35.5. The van der Waals surface area contributed by atoms with E-state index in [-0.39, 0.29) is 11.2 Å². The maximum Gasteiger partial charge on any atom is 0.496 e. The fourth-order valence-electron chi connectivity index (χ4n) is 2.13. The lowest BCUT2D eigenvalue weighted by molar-refractivity contribution is 0.00578. The molecule has 108 valence electrons. The molecule has 20 heavy (non-hydrogen) atoms. The summed E-state index contributed by atoms with van der Waals surface area (Å²) in [5.74, 6) is 0.723. The molecule has 1 aliphatic heterocycles. The molecule has 0 spiro atoms. The van der Waals surface area contributed by atoms with E-state index < -0.39 is 7.12 Å². The van der Waals surface area contributed by atoms with Crippen LogP contribution in [0.5, 0.6) is 0 Å². The van der Waals surface area contributed by atoms with E-state index in [9.17, 15) is 0 Å². The van der Waals surface area contributed by atoms with E-state index in [1.165, 1.54) is 12.8 Å². The molecule has 1 aromatic heterocycles. The molecule has 0 unspecified atom stereocenters. The number of hydrogen-bond acceptors (Lipinski definition) is 4. The Morgan fingerprint density at radius 2 is 1.85 bits per heavy atom. The van der Waals surface area contributed by atoms with Gasteiger partial charge < -0.3 is 14.6 Å². The van der Waals surface area contributed by atoms with Crippen molar-refractivity contribution in [3.05, 3.63) is 17.3 Å². The minimum atomic E-state index is -0.449. The van der Waals surface area contributed by atoms with Crippen molar-refractivity contribution in [1.29, 1.82) is 0 Å². The van der Waals surface area contributed by atoms with Gasteiger partial charge in [-0.1, -0.05) is 11.6 Å². The van der Waals surface area contributed by atoms with Crippen LogP contribution in [0, 0.1) is 0 Å². The summed E-state index contributed by atoms with van der Waals surface area (Å²) in [6.45, 7) is 8.13. The lowest BCUT2D eigenvalue weighted by atomic mass is 9.79. The third-order valence-corrected chi connectivity index (χ3v) is 4.74. The molecular weight excluding hydrogens is 274 g/mol. The van der Waals surface area contributed by atoms with Crippen LogP contribution in [0.15, 0.2) is 12.3 Å². The molecule has 6 heteroatoms. The van der Waals surface area contributed by atoms with Gasteiger partial charge in [0.05, 0.1) is 16.2 Å². The fraction of sp³-hybridized carbons (Fsp3) is 0.643. The summed E-state index contributed by atoms with van der Waals surface area (Å²) in [7, 11) is -0.449. The van der Waals surface area contributed by atoms with Crippen LogP contribution in [0.1, 0.15) is 40.5 Å². The van der Waals surface area contributed by atoms with Crippen LogP contribution in [-0.4, -0.2) is 29.3 Å². The molecule has 2 heterocycles. The zero-order valence-electron chi connectivity index (χ0n) is 12.4. The molecule has 2 fully saturated rings. The zero-order chi connectivity index (χ0) is 14.5. The maximum atomic E-state index is 6.46. The Labute approximate surface area is 125 Å². The molecule has 1 aliphatic carbocycles. The summed E-state index contributed by atoms with van der Waals surface area (Å²) in [5, 5.41) is 3.93. The molecule has 4 nitrogen and oxygen atoms in total. The van der Waals surface area contributed by atoms with Crippen LogP contribution in [0.3, 0.4) is 0 Å². The number of aromatic nitrogens is 1. The second-order valence-corrected chi connectivity index (χ2v) is 6.95. The van der Waals surface area contributed by atoms with E-state index in [0.29, 0.717) is 11.1 Å². The van der Waals surface area contributed by atoms with E-state index >= 15 is 0 Å². The van der Waals surface area contributed by atoms with Gasteiger partial charge in [0.2, 0.25) is 0 Å². The van der Waals surface area contributed by atoms with Gasteiger partial charge >= 0.3 is 7.12 Å². The zero-order valence-corrected chi connectivity index (χ0v) is 13.1. The predicted molar refractivity (Wildman–Crippen MR) is 81.6 cm³/mol. The van der Waals surface area contributed by atoms with Crippen molar-refractivity contribution in [1.82, 2.24) is 4.98 Å². The highest BCUT2D eigenvalue weighted by Crippen LogP contribution is 2.37. The van der Waals surface area contributed by atoms with Crippen LogP contribution in [0.25, 0.3) is 0 Å². The average molecular weight is 295 g/mol. The number of halogens is 1. The topological polar surface area (TPSA) is 43.4 Å². The first kappa shape index (κ1) is 14.2. The minimum Gasteiger partial charge on any atom is -0.399 e. The lowest BCUT2D eigenvalue weighted by Gasteiger charge is -2.32. The Morgan fingerprint density at radius 1 is 1.25 bits per heavy atom. The van der Waals surface area contributed by atoms with Crippen molar-refractivity contribution in [2.75, 3.05) is 5.32 Å². The molecule has 1 saturated heterocycles. The first-order valence-electron chi connectivity index (χ1n) is 7.07. The van der Waals surface area contributed by atoms with Gasteiger partial charge in [0.15, 0.2) is 0 Å². The highest BCUT2D eigenvalue weighted by molar-refractivity contribution is 6.66. The van der Waals surface area contributed by atoms with Gasteiger partial charge in [-0.25, -0.2) is 4.98 Å². The highest BCUT2D eigenvalue weighted by Gasteiger charge is 2.52. The Morgan fingerprint density at radius 3 is 2.40 bits per heavy atom. The monoisotopic (exact) mass is 294 g/mol. The Bertz CT molecular complexity index is 516. The van der Waals surface area contributed by atoms with Crippen LogP contribution < -0.4 is 10.8 Å². The van der Waals surface area contributed by atoms with Gasteiger partial charge in [-0.2, -0.15) is 0 Å². The minimum absolute atomic E-state index is 0.367. The van der Waals surface area contributed by atoms with E-state index in [1.54, 1.807) is 6.20 Å². The van der Waals surface area contributed by atoms with Crippen molar-refractivity contribution in [3.63, 3.8) is 0 Å². The fourth-order valence-corrected chi connectivity index (χ4v) is 2.39. The number of pyridine rings is 1. The summed E-state index contributed by atoms with van der Waals surface area (Å²) in [4.78, 5) is 4.31. The Balaban J connectivity index is 1.87. The van der Waals surface area contributed by atoms with Gasteiger partial charge in [-0.05, 0) is 46.6 Å². The third kappa shape index (κ3) is 2.43. The van der Waals surface area contributed by atoms with Crippen LogP contribution >= 0.6 is 11.6 Å². The maximum absolute atomic E-state index is 6.46. The van der Waals surface area contributed by atoms with E-state index in [2.05, 4.69) is 10.3 Å². The summed E-state index contributed by atoms with van der Waals surface area (Å²) >= 11 is 6.46. The quantitative estimate of drug-likeness (QED) is 0.870. The van der Waals surface area contributed by atoms with E-state index in [4.69, 9.17) is 20.9 Å². The lowest BCUT2D eigenvalue weighted by Crippen LogP contribution is -2.41.